The maximum absolute atomic E-state index is 9.32. The molecule has 0 saturated heterocycles. The van der Waals surface area contributed by atoms with E-state index >= 15 is 0 Å². The van der Waals surface area contributed by atoms with Crippen molar-refractivity contribution in [3.63, 3.8) is 0 Å². The largest absolute Gasteiger partial charge is 0.330 e. The Bertz CT molecular complexity index is 400. The van der Waals surface area contributed by atoms with Gasteiger partial charge in [0.05, 0.1) is 24.3 Å². The van der Waals surface area contributed by atoms with Gasteiger partial charge in [0.25, 0.3) is 0 Å². The molecule has 1 heterocycles. The Morgan fingerprint density at radius 3 is 2.63 bits per heavy atom. The summed E-state index contributed by atoms with van der Waals surface area (Å²) < 4.78 is 2.04. The quantitative estimate of drug-likeness (QED) is 0.779. The number of hydrogen-bond acceptors (Lipinski definition) is 4. The SMILES string of the molecule is CCN(CC)CCNC(C#N)c1cncn1C(C)C. The molecule has 106 valence electrons. The molecule has 0 radical (unpaired) electrons. The summed E-state index contributed by atoms with van der Waals surface area (Å²) in [6.45, 7) is 12.3. The highest BCUT2D eigenvalue weighted by atomic mass is 15.1. The molecule has 1 atom stereocenters. The Balaban J connectivity index is 2.59. The van der Waals surface area contributed by atoms with Gasteiger partial charge in [0, 0.05) is 19.1 Å². The first-order valence-corrected chi connectivity index (χ1v) is 7.01. The summed E-state index contributed by atoms with van der Waals surface area (Å²) in [6.07, 6.45) is 3.56. The zero-order valence-corrected chi connectivity index (χ0v) is 12.4. The maximum atomic E-state index is 9.32. The number of rotatable bonds is 8. The van der Waals surface area contributed by atoms with Gasteiger partial charge in [-0.15, -0.1) is 0 Å². The second-order valence-corrected chi connectivity index (χ2v) is 4.86. The van der Waals surface area contributed by atoms with E-state index in [4.69, 9.17) is 0 Å². The highest BCUT2D eigenvalue weighted by molar-refractivity contribution is 5.14. The Kier molecular flexibility index (Phi) is 6.54. The molecule has 1 aromatic heterocycles. The van der Waals surface area contributed by atoms with Gasteiger partial charge in [-0.25, -0.2) is 4.98 Å². The third-order valence-corrected chi connectivity index (χ3v) is 3.35. The van der Waals surface area contributed by atoms with Crippen LogP contribution in [0.5, 0.6) is 0 Å². The van der Waals surface area contributed by atoms with Crippen LogP contribution in [0.15, 0.2) is 12.5 Å². The van der Waals surface area contributed by atoms with E-state index in [0.717, 1.165) is 31.9 Å². The molecule has 0 spiro atoms. The summed E-state index contributed by atoms with van der Waals surface area (Å²) in [4.78, 5) is 6.48. The van der Waals surface area contributed by atoms with Gasteiger partial charge in [-0.05, 0) is 26.9 Å². The minimum absolute atomic E-state index is 0.291. The fraction of sp³-hybridized carbons (Fsp3) is 0.714. The third-order valence-electron chi connectivity index (χ3n) is 3.35. The third kappa shape index (κ3) is 4.34. The lowest BCUT2D eigenvalue weighted by atomic mass is 10.2. The molecule has 0 bridgehead atoms. The molecule has 1 N–H and O–H groups in total. The molecule has 0 saturated carbocycles. The van der Waals surface area contributed by atoms with Gasteiger partial charge in [0.2, 0.25) is 0 Å². The van der Waals surface area contributed by atoms with Crippen molar-refractivity contribution < 1.29 is 0 Å². The summed E-state index contributed by atoms with van der Waals surface area (Å²) in [5.74, 6) is 0. The van der Waals surface area contributed by atoms with Crippen LogP contribution in [0.2, 0.25) is 0 Å². The van der Waals surface area contributed by atoms with Gasteiger partial charge in [-0.3, -0.25) is 5.32 Å². The van der Waals surface area contributed by atoms with Gasteiger partial charge in [0.1, 0.15) is 6.04 Å². The highest BCUT2D eigenvalue weighted by Gasteiger charge is 2.16. The molecule has 0 aliphatic heterocycles. The van der Waals surface area contributed by atoms with Crippen molar-refractivity contribution in [2.75, 3.05) is 26.2 Å². The molecule has 1 aromatic rings. The number of hydrogen-bond donors (Lipinski definition) is 1. The molecular weight excluding hydrogens is 238 g/mol. The molecule has 1 rings (SSSR count). The van der Waals surface area contributed by atoms with E-state index in [1.54, 1.807) is 12.5 Å². The molecular formula is C14H25N5. The second-order valence-electron chi connectivity index (χ2n) is 4.86. The normalized spacial score (nSPS) is 12.9. The van der Waals surface area contributed by atoms with Crippen molar-refractivity contribution >= 4 is 0 Å². The van der Waals surface area contributed by atoms with Crippen LogP contribution in [0, 0.1) is 11.3 Å². The predicted molar refractivity (Wildman–Crippen MR) is 76.8 cm³/mol. The summed E-state index contributed by atoms with van der Waals surface area (Å²) >= 11 is 0. The van der Waals surface area contributed by atoms with E-state index < -0.39 is 0 Å². The van der Waals surface area contributed by atoms with Crippen molar-refractivity contribution in [3.05, 3.63) is 18.2 Å². The molecule has 0 aromatic carbocycles. The number of likely N-dealkylation sites (N-methyl/N-ethyl adjacent to an activating group) is 1. The molecule has 19 heavy (non-hydrogen) atoms. The minimum Gasteiger partial charge on any atom is -0.330 e. The van der Waals surface area contributed by atoms with Crippen LogP contribution in [0.25, 0.3) is 0 Å². The number of nitrogens with one attached hydrogen (secondary N) is 1. The summed E-state index contributed by atoms with van der Waals surface area (Å²) in [6, 6.07) is 2.35. The van der Waals surface area contributed by atoms with Crippen LogP contribution in [-0.2, 0) is 0 Å². The molecule has 0 aliphatic carbocycles. The Labute approximate surface area is 116 Å². The topological polar surface area (TPSA) is 56.9 Å². The Hall–Kier alpha value is -1.38. The van der Waals surface area contributed by atoms with E-state index in [1.807, 2.05) is 4.57 Å². The number of aromatic nitrogens is 2. The zero-order valence-electron chi connectivity index (χ0n) is 12.4. The van der Waals surface area contributed by atoms with Crippen molar-refractivity contribution in [2.45, 2.75) is 39.8 Å². The summed E-state index contributed by atoms with van der Waals surface area (Å²) in [5.41, 5.74) is 0.942. The van der Waals surface area contributed by atoms with E-state index in [2.05, 4.69) is 49.0 Å². The first-order chi connectivity index (χ1) is 9.13. The van der Waals surface area contributed by atoms with Crippen molar-refractivity contribution in [1.29, 1.82) is 5.26 Å². The fourth-order valence-electron chi connectivity index (χ4n) is 2.09. The van der Waals surface area contributed by atoms with E-state index in [0.29, 0.717) is 6.04 Å². The standard InChI is InChI=1S/C14H25N5/c1-5-18(6-2)8-7-17-13(9-15)14-10-16-11-19(14)12(3)4/h10-13,17H,5-8H2,1-4H3. The average molecular weight is 263 g/mol. The number of nitrogens with zero attached hydrogens (tertiary/aromatic N) is 4. The lowest BCUT2D eigenvalue weighted by Crippen LogP contribution is -2.34. The molecule has 5 heteroatoms. The number of imidazole rings is 1. The smallest absolute Gasteiger partial charge is 0.138 e. The van der Waals surface area contributed by atoms with Crippen LogP contribution < -0.4 is 5.32 Å². The lowest BCUT2D eigenvalue weighted by Gasteiger charge is -2.20. The summed E-state index contributed by atoms with van der Waals surface area (Å²) in [5, 5.41) is 12.6. The van der Waals surface area contributed by atoms with Gasteiger partial charge < -0.3 is 9.47 Å². The van der Waals surface area contributed by atoms with Crippen LogP contribution in [0.1, 0.15) is 45.5 Å². The van der Waals surface area contributed by atoms with Crippen LogP contribution in [0.3, 0.4) is 0 Å². The van der Waals surface area contributed by atoms with Crippen molar-refractivity contribution in [2.24, 2.45) is 0 Å². The Morgan fingerprint density at radius 2 is 2.11 bits per heavy atom. The van der Waals surface area contributed by atoms with Crippen molar-refractivity contribution in [3.8, 4) is 6.07 Å². The summed E-state index contributed by atoms with van der Waals surface area (Å²) in [7, 11) is 0. The molecule has 0 amide bonds. The van der Waals surface area contributed by atoms with Crippen LogP contribution in [-0.4, -0.2) is 40.6 Å². The molecule has 0 fully saturated rings. The van der Waals surface area contributed by atoms with Crippen molar-refractivity contribution in [1.82, 2.24) is 19.8 Å². The predicted octanol–water partition coefficient (Wildman–Crippen LogP) is 1.96. The fourth-order valence-corrected chi connectivity index (χ4v) is 2.09. The minimum atomic E-state index is -0.291. The van der Waals surface area contributed by atoms with Gasteiger partial charge >= 0.3 is 0 Å². The second kappa shape index (κ2) is 7.93. The van der Waals surface area contributed by atoms with Crippen LogP contribution in [0.4, 0.5) is 0 Å². The monoisotopic (exact) mass is 263 g/mol. The number of nitriles is 1. The van der Waals surface area contributed by atoms with Gasteiger partial charge in [-0.2, -0.15) is 5.26 Å². The van der Waals surface area contributed by atoms with Gasteiger partial charge in [0.15, 0.2) is 0 Å². The maximum Gasteiger partial charge on any atom is 0.138 e. The zero-order chi connectivity index (χ0) is 14.3. The van der Waals surface area contributed by atoms with Crippen LogP contribution >= 0.6 is 0 Å². The molecule has 1 unspecified atom stereocenters. The van der Waals surface area contributed by atoms with Gasteiger partial charge in [-0.1, -0.05) is 13.8 Å². The van der Waals surface area contributed by atoms with E-state index in [-0.39, 0.29) is 6.04 Å². The van der Waals surface area contributed by atoms with E-state index in [9.17, 15) is 5.26 Å². The first kappa shape index (κ1) is 15.7. The van der Waals surface area contributed by atoms with E-state index in [1.165, 1.54) is 0 Å². The highest BCUT2D eigenvalue weighted by Crippen LogP contribution is 2.16. The molecule has 0 aliphatic rings. The molecule has 5 nitrogen and oxygen atoms in total. The lowest BCUT2D eigenvalue weighted by molar-refractivity contribution is 0.299. The Morgan fingerprint density at radius 1 is 1.42 bits per heavy atom. The first-order valence-electron chi connectivity index (χ1n) is 7.01. The average Bonchev–Trinajstić information content (AvgIpc) is 2.88.